The van der Waals surface area contributed by atoms with Crippen molar-refractivity contribution in [2.24, 2.45) is 0 Å². The zero-order valence-electron chi connectivity index (χ0n) is 15.3. The molecule has 1 aromatic carbocycles. The first-order valence-corrected chi connectivity index (χ1v) is 9.13. The molecule has 7 nitrogen and oxygen atoms in total. The maximum atomic E-state index is 11.6. The normalized spacial score (nSPS) is 10.4. The summed E-state index contributed by atoms with van der Waals surface area (Å²) in [5.74, 6) is 1.36. The first kappa shape index (κ1) is 19.6. The monoisotopic (exact) mass is 398 g/mol. The smallest absolute Gasteiger partial charge is 0.339 e. The van der Waals surface area contributed by atoms with E-state index in [0.29, 0.717) is 41.3 Å². The van der Waals surface area contributed by atoms with Gasteiger partial charge in [-0.15, -0.1) is 0 Å². The summed E-state index contributed by atoms with van der Waals surface area (Å²) in [5, 5.41) is 3.60. The highest BCUT2D eigenvalue weighted by Crippen LogP contribution is 2.20. The van der Waals surface area contributed by atoms with E-state index in [1.807, 2.05) is 24.3 Å². The summed E-state index contributed by atoms with van der Waals surface area (Å²) >= 11 is 5.83. The van der Waals surface area contributed by atoms with Gasteiger partial charge in [-0.05, 0) is 37.1 Å². The van der Waals surface area contributed by atoms with Crippen LogP contribution in [0.1, 0.15) is 22.8 Å². The van der Waals surface area contributed by atoms with Crippen LogP contribution in [0.3, 0.4) is 0 Å². The third-order valence-corrected chi connectivity index (χ3v) is 3.95. The number of aromatic nitrogens is 3. The molecule has 0 unspecified atom stereocenters. The largest absolute Gasteiger partial charge is 0.462 e. The molecule has 3 rings (SSSR count). The molecule has 2 aromatic heterocycles. The van der Waals surface area contributed by atoms with Crippen LogP contribution in [0.25, 0.3) is 0 Å². The summed E-state index contributed by atoms with van der Waals surface area (Å²) in [6.07, 6.45) is 3.67. The predicted octanol–water partition coefficient (Wildman–Crippen LogP) is 4.15. The van der Waals surface area contributed by atoms with E-state index in [1.165, 1.54) is 12.5 Å². The van der Waals surface area contributed by atoms with E-state index in [4.69, 9.17) is 21.1 Å². The summed E-state index contributed by atoms with van der Waals surface area (Å²) in [4.78, 5) is 23.7. The topological polar surface area (TPSA) is 86.2 Å². The van der Waals surface area contributed by atoms with Gasteiger partial charge in [0.2, 0.25) is 5.88 Å². The van der Waals surface area contributed by atoms with Gasteiger partial charge in [0.1, 0.15) is 23.0 Å². The van der Waals surface area contributed by atoms with Gasteiger partial charge >= 0.3 is 5.97 Å². The second-order valence-electron chi connectivity index (χ2n) is 5.75. The molecule has 2 heterocycles. The van der Waals surface area contributed by atoms with E-state index in [9.17, 15) is 4.79 Å². The number of nitrogens with zero attached hydrogens (tertiary/aromatic N) is 3. The lowest BCUT2D eigenvalue weighted by Gasteiger charge is -2.08. The minimum Gasteiger partial charge on any atom is -0.462 e. The number of benzene rings is 1. The fraction of sp³-hybridized carbons (Fsp3) is 0.200. The maximum absolute atomic E-state index is 11.6. The Morgan fingerprint density at radius 3 is 2.61 bits per heavy atom. The number of carbonyl (C=O) groups excluding carboxylic acids is 1. The zero-order chi connectivity index (χ0) is 19.8. The van der Waals surface area contributed by atoms with Crippen molar-refractivity contribution in [1.29, 1.82) is 0 Å². The Balaban J connectivity index is 1.50. The van der Waals surface area contributed by atoms with Gasteiger partial charge in [0.05, 0.1) is 12.2 Å². The molecule has 0 bridgehead atoms. The van der Waals surface area contributed by atoms with Crippen LogP contribution in [0.5, 0.6) is 11.6 Å². The van der Waals surface area contributed by atoms with E-state index < -0.39 is 5.97 Å². The standard InChI is InChI=1S/C20H19ClN4O3/c1-2-27-20(26)15-5-8-19(23-12-15)28-16-6-3-14(4-7-16)9-10-22-18-11-17(21)24-13-25-18/h3-8,11-13H,2,9-10H2,1H3,(H,22,24,25). The molecule has 0 amide bonds. The minimum atomic E-state index is -0.399. The number of carbonyl (C=O) groups is 1. The van der Waals surface area contributed by atoms with Crippen molar-refractivity contribution in [3.8, 4) is 11.6 Å². The number of ether oxygens (including phenoxy) is 2. The molecule has 28 heavy (non-hydrogen) atoms. The molecule has 144 valence electrons. The van der Waals surface area contributed by atoms with E-state index >= 15 is 0 Å². The van der Waals surface area contributed by atoms with Crippen LogP contribution in [0.2, 0.25) is 5.15 Å². The summed E-state index contributed by atoms with van der Waals surface area (Å²) < 4.78 is 10.6. The predicted molar refractivity (Wildman–Crippen MR) is 106 cm³/mol. The van der Waals surface area contributed by atoms with Crippen LogP contribution in [0, 0.1) is 0 Å². The highest BCUT2D eigenvalue weighted by Gasteiger charge is 2.07. The van der Waals surface area contributed by atoms with Crippen LogP contribution in [0.4, 0.5) is 5.82 Å². The van der Waals surface area contributed by atoms with Crippen LogP contribution >= 0.6 is 11.6 Å². The molecule has 0 saturated heterocycles. The quantitative estimate of drug-likeness (QED) is 0.450. The first-order chi connectivity index (χ1) is 13.6. The lowest BCUT2D eigenvalue weighted by molar-refractivity contribution is 0.0526. The van der Waals surface area contributed by atoms with Gasteiger partial charge in [0.25, 0.3) is 0 Å². The molecule has 0 radical (unpaired) electrons. The molecule has 0 atom stereocenters. The highest BCUT2D eigenvalue weighted by molar-refractivity contribution is 6.29. The molecule has 0 spiro atoms. The Labute approximate surface area is 167 Å². The van der Waals surface area contributed by atoms with E-state index in [2.05, 4.69) is 20.3 Å². The lowest BCUT2D eigenvalue weighted by atomic mass is 10.1. The van der Waals surface area contributed by atoms with Gasteiger partial charge in [-0.1, -0.05) is 23.7 Å². The molecule has 0 fully saturated rings. The lowest BCUT2D eigenvalue weighted by Crippen LogP contribution is -2.06. The van der Waals surface area contributed by atoms with Crippen molar-refractivity contribution in [1.82, 2.24) is 15.0 Å². The van der Waals surface area contributed by atoms with Crippen molar-refractivity contribution in [3.63, 3.8) is 0 Å². The van der Waals surface area contributed by atoms with E-state index in [-0.39, 0.29) is 0 Å². The average molecular weight is 399 g/mol. The van der Waals surface area contributed by atoms with Crippen molar-refractivity contribution in [3.05, 3.63) is 71.3 Å². The van der Waals surface area contributed by atoms with Gasteiger partial charge in [0, 0.05) is 24.9 Å². The fourth-order valence-electron chi connectivity index (χ4n) is 2.39. The second kappa shape index (κ2) is 9.66. The number of rotatable bonds is 8. The number of pyridine rings is 1. The van der Waals surface area contributed by atoms with E-state index in [1.54, 1.807) is 25.1 Å². The van der Waals surface area contributed by atoms with Crippen molar-refractivity contribution >= 4 is 23.4 Å². The number of anilines is 1. The van der Waals surface area contributed by atoms with E-state index in [0.717, 1.165) is 12.0 Å². The van der Waals surface area contributed by atoms with Crippen molar-refractivity contribution in [2.45, 2.75) is 13.3 Å². The maximum Gasteiger partial charge on any atom is 0.339 e. The number of halogens is 1. The van der Waals surface area contributed by atoms with Crippen LogP contribution in [0.15, 0.2) is 55.0 Å². The SMILES string of the molecule is CCOC(=O)c1ccc(Oc2ccc(CCNc3cc(Cl)ncn3)cc2)nc1. The molecule has 8 heteroatoms. The Morgan fingerprint density at radius 2 is 1.93 bits per heavy atom. The van der Waals surface area contributed by atoms with Gasteiger partial charge in [-0.3, -0.25) is 0 Å². The number of nitrogens with one attached hydrogen (secondary N) is 1. The fourth-order valence-corrected chi connectivity index (χ4v) is 2.53. The van der Waals surface area contributed by atoms with Crippen molar-refractivity contribution in [2.75, 3.05) is 18.5 Å². The summed E-state index contributed by atoms with van der Waals surface area (Å²) in [6, 6.07) is 12.7. The third kappa shape index (κ3) is 5.65. The molecule has 0 aliphatic heterocycles. The first-order valence-electron chi connectivity index (χ1n) is 8.75. The van der Waals surface area contributed by atoms with Crippen molar-refractivity contribution < 1.29 is 14.3 Å². The molecule has 0 aliphatic rings. The van der Waals surface area contributed by atoms with Crippen LogP contribution in [-0.4, -0.2) is 34.1 Å². The third-order valence-electron chi connectivity index (χ3n) is 3.75. The number of esters is 1. The summed E-state index contributed by atoms with van der Waals surface area (Å²) in [7, 11) is 0. The number of hydrogen-bond acceptors (Lipinski definition) is 7. The summed E-state index contributed by atoms with van der Waals surface area (Å²) in [5.41, 5.74) is 1.53. The Bertz CT molecular complexity index is 917. The molecule has 3 aromatic rings. The Morgan fingerprint density at radius 1 is 1.11 bits per heavy atom. The average Bonchev–Trinajstić information content (AvgIpc) is 2.70. The minimum absolute atomic E-state index is 0.325. The Kier molecular flexibility index (Phi) is 6.75. The molecule has 0 saturated carbocycles. The summed E-state index contributed by atoms with van der Waals surface area (Å²) in [6.45, 7) is 2.80. The zero-order valence-corrected chi connectivity index (χ0v) is 16.0. The molecular formula is C20H19ClN4O3. The molecule has 1 N–H and O–H groups in total. The van der Waals surface area contributed by atoms with Gasteiger partial charge in [-0.2, -0.15) is 0 Å². The molecular weight excluding hydrogens is 380 g/mol. The van der Waals surface area contributed by atoms with Crippen LogP contribution < -0.4 is 10.1 Å². The second-order valence-corrected chi connectivity index (χ2v) is 6.14. The molecule has 0 aliphatic carbocycles. The van der Waals surface area contributed by atoms with Crippen LogP contribution in [-0.2, 0) is 11.2 Å². The number of hydrogen-bond donors (Lipinski definition) is 1. The van der Waals surface area contributed by atoms with Gasteiger partial charge in [-0.25, -0.2) is 19.7 Å². The Hall–Kier alpha value is -3.19. The highest BCUT2D eigenvalue weighted by atomic mass is 35.5. The van der Waals surface area contributed by atoms with Gasteiger partial charge in [0.15, 0.2) is 0 Å². The van der Waals surface area contributed by atoms with Gasteiger partial charge < -0.3 is 14.8 Å².